The molecule has 1 amide bonds. The van der Waals surface area contributed by atoms with Gasteiger partial charge in [0.25, 0.3) is 0 Å². The predicted molar refractivity (Wildman–Crippen MR) is 91.8 cm³/mol. The SMILES string of the molecule is CC(C)C[C@H](N)C(=O)NC(C)C(C)(C)c1ccccc1.Cl. The molecule has 0 fully saturated rings. The van der Waals surface area contributed by atoms with Crippen LogP contribution < -0.4 is 11.1 Å². The zero-order chi connectivity index (χ0) is 15.3. The first-order chi connectivity index (χ1) is 9.25. The maximum Gasteiger partial charge on any atom is 0.237 e. The number of hydrogen-bond acceptors (Lipinski definition) is 2. The van der Waals surface area contributed by atoms with Crippen LogP contribution in [-0.4, -0.2) is 18.0 Å². The van der Waals surface area contributed by atoms with Gasteiger partial charge in [0.05, 0.1) is 6.04 Å². The largest absolute Gasteiger partial charge is 0.351 e. The zero-order valence-electron chi connectivity index (χ0n) is 13.7. The maximum absolute atomic E-state index is 12.1. The van der Waals surface area contributed by atoms with Gasteiger partial charge in [-0.2, -0.15) is 0 Å². The number of hydrogen-bond donors (Lipinski definition) is 2. The minimum atomic E-state index is -0.427. The van der Waals surface area contributed by atoms with Gasteiger partial charge in [-0.25, -0.2) is 0 Å². The van der Waals surface area contributed by atoms with E-state index in [9.17, 15) is 4.79 Å². The van der Waals surface area contributed by atoms with Crippen LogP contribution in [0, 0.1) is 5.92 Å². The summed E-state index contributed by atoms with van der Waals surface area (Å²) in [5.41, 5.74) is 7.02. The average molecular weight is 313 g/mol. The number of carbonyl (C=O) groups excluding carboxylic acids is 1. The van der Waals surface area contributed by atoms with Crippen LogP contribution >= 0.6 is 12.4 Å². The normalized spacial score (nSPS) is 14.2. The van der Waals surface area contributed by atoms with Gasteiger partial charge in [0.2, 0.25) is 5.91 Å². The Hall–Kier alpha value is -1.06. The van der Waals surface area contributed by atoms with E-state index in [4.69, 9.17) is 5.73 Å². The first-order valence-electron chi connectivity index (χ1n) is 7.36. The van der Waals surface area contributed by atoms with E-state index in [0.717, 1.165) is 0 Å². The molecule has 3 N–H and O–H groups in total. The predicted octanol–water partition coefficient (Wildman–Crippen LogP) is 3.26. The van der Waals surface area contributed by atoms with Crippen LogP contribution in [0.2, 0.25) is 0 Å². The van der Waals surface area contributed by atoms with Crippen molar-refractivity contribution >= 4 is 18.3 Å². The van der Waals surface area contributed by atoms with E-state index >= 15 is 0 Å². The minimum Gasteiger partial charge on any atom is -0.351 e. The molecule has 0 spiro atoms. The number of carbonyl (C=O) groups is 1. The van der Waals surface area contributed by atoms with Crippen molar-refractivity contribution in [1.82, 2.24) is 5.32 Å². The summed E-state index contributed by atoms with van der Waals surface area (Å²) in [6, 6.07) is 9.83. The van der Waals surface area contributed by atoms with Gasteiger partial charge in [-0.3, -0.25) is 4.79 Å². The lowest BCUT2D eigenvalue weighted by Gasteiger charge is -2.33. The highest BCUT2D eigenvalue weighted by Crippen LogP contribution is 2.26. The van der Waals surface area contributed by atoms with Gasteiger partial charge >= 0.3 is 0 Å². The highest BCUT2D eigenvalue weighted by Gasteiger charge is 2.30. The summed E-state index contributed by atoms with van der Waals surface area (Å²) in [4.78, 5) is 12.1. The molecule has 0 aliphatic carbocycles. The van der Waals surface area contributed by atoms with E-state index in [1.807, 2.05) is 25.1 Å². The van der Waals surface area contributed by atoms with Crippen LogP contribution in [0.15, 0.2) is 30.3 Å². The Labute approximate surface area is 135 Å². The Kier molecular flexibility index (Phi) is 7.98. The first kappa shape index (κ1) is 19.9. The van der Waals surface area contributed by atoms with E-state index in [1.54, 1.807) is 0 Å². The minimum absolute atomic E-state index is 0. The van der Waals surface area contributed by atoms with E-state index in [-0.39, 0.29) is 29.8 Å². The molecule has 1 aromatic carbocycles. The van der Waals surface area contributed by atoms with E-state index in [2.05, 4.69) is 45.1 Å². The summed E-state index contributed by atoms with van der Waals surface area (Å²) in [6.45, 7) is 10.5. The molecule has 0 saturated carbocycles. The van der Waals surface area contributed by atoms with Gasteiger partial charge < -0.3 is 11.1 Å². The molecule has 120 valence electrons. The molecular formula is C17H29ClN2O. The van der Waals surface area contributed by atoms with Crippen molar-refractivity contribution in [2.75, 3.05) is 0 Å². The van der Waals surface area contributed by atoms with E-state index < -0.39 is 6.04 Å². The van der Waals surface area contributed by atoms with Crippen LogP contribution in [0.4, 0.5) is 0 Å². The molecular weight excluding hydrogens is 284 g/mol. The standard InChI is InChI=1S/C17H28N2O.ClH/c1-12(2)11-15(18)16(20)19-13(3)17(4,5)14-9-7-6-8-10-14;/h6-10,12-13,15H,11,18H2,1-5H3,(H,19,20);1H/t13?,15-;/m0./s1. The van der Waals surface area contributed by atoms with Crippen LogP contribution in [0.1, 0.15) is 46.6 Å². The third-order valence-corrected chi connectivity index (χ3v) is 4.02. The summed E-state index contributed by atoms with van der Waals surface area (Å²) in [5, 5.41) is 3.06. The Morgan fingerprint density at radius 3 is 2.19 bits per heavy atom. The van der Waals surface area contributed by atoms with Crippen molar-refractivity contribution < 1.29 is 4.79 Å². The molecule has 21 heavy (non-hydrogen) atoms. The Morgan fingerprint density at radius 1 is 1.19 bits per heavy atom. The third-order valence-electron chi connectivity index (χ3n) is 4.02. The molecule has 4 heteroatoms. The number of amides is 1. The van der Waals surface area contributed by atoms with Crippen LogP contribution in [-0.2, 0) is 10.2 Å². The van der Waals surface area contributed by atoms with Gasteiger partial charge in [0.15, 0.2) is 0 Å². The Morgan fingerprint density at radius 2 is 1.71 bits per heavy atom. The summed E-state index contributed by atoms with van der Waals surface area (Å²) >= 11 is 0. The Bertz CT molecular complexity index is 432. The topological polar surface area (TPSA) is 55.1 Å². The van der Waals surface area contributed by atoms with Gasteiger partial charge in [-0.05, 0) is 24.8 Å². The quantitative estimate of drug-likeness (QED) is 0.847. The van der Waals surface area contributed by atoms with Crippen LogP contribution in [0.25, 0.3) is 0 Å². The average Bonchev–Trinajstić information content (AvgIpc) is 2.38. The van der Waals surface area contributed by atoms with Crippen molar-refractivity contribution in [1.29, 1.82) is 0 Å². The fourth-order valence-corrected chi connectivity index (χ4v) is 2.23. The summed E-state index contributed by atoms with van der Waals surface area (Å²) in [6.07, 6.45) is 0.713. The lowest BCUT2D eigenvalue weighted by atomic mass is 9.78. The highest BCUT2D eigenvalue weighted by molar-refractivity contribution is 5.85. The lowest BCUT2D eigenvalue weighted by molar-refractivity contribution is -0.123. The third kappa shape index (κ3) is 5.68. The second-order valence-corrected chi connectivity index (χ2v) is 6.55. The highest BCUT2D eigenvalue weighted by atomic mass is 35.5. The summed E-state index contributed by atoms with van der Waals surface area (Å²) < 4.78 is 0. The number of benzene rings is 1. The molecule has 3 nitrogen and oxygen atoms in total. The second kappa shape index (κ2) is 8.40. The summed E-state index contributed by atoms with van der Waals surface area (Å²) in [7, 11) is 0. The monoisotopic (exact) mass is 312 g/mol. The van der Waals surface area contributed by atoms with Gasteiger partial charge in [0.1, 0.15) is 0 Å². The lowest BCUT2D eigenvalue weighted by Crippen LogP contribution is -2.51. The number of rotatable bonds is 6. The second-order valence-electron chi connectivity index (χ2n) is 6.55. The summed E-state index contributed by atoms with van der Waals surface area (Å²) in [5.74, 6) is 0.364. The molecule has 0 heterocycles. The fraction of sp³-hybridized carbons (Fsp3) is 0.588. The fourth-order valence-electron chi connectivity index (χ4n) is 2.23. The molecule has 0 aromatic heterocycles. The molecule has 1 unspecified atom stereocenters. The van der Waals surface area contributed by atoms with Crippen LogP contribution in [0.5, 0.6) is 0 Å². The molecule has 0 bridgehead atoms. The zero-order valence-corrected chi connectivity index (χ0v) is 14.5. The number of nitrogens with two attached hydrogens (primary N) is 1. The van der Waals surface area contributed by atoms with E-state index in [0.29, 0.717) is 12.3 Å². The molecule has 1 aromatic rings. The van der Waals surface area contributed by atoms with Gasteiger partial charge in [-0.15, -0.1) is 12.4 Å². The smallest absolute Gasteiger partial charge is 0.237 e. The first-order valence-corrected chi connectivity index (χ1v) is 7.36. The van der Waals surface area contributed by atoms with E-state index in [1.165, 1.54) is 5.56 Å². The van der Waals surface area contributed by atoms with Gasteiger partial charge in [-0.1, -0.05) is 58.0 Å². The molecule has 2 atom stereocenters. The molecule has 0 aliphatic rings. The molecule has 0 radical (unpaired) electrons. The Balaban J connectivity index is 0.00000400. The van der Waals surface area contributed by atoms with Crippen molar-refractivity contribution in [3.05, 3.63) is 35.9 Å². The van der Waals surface area contributed by atoms with Gasteiger partial charge in [0, 0.05) is 11.5 Å². The van der Waals surface area contributed by atoms with Crippen molar-refractivity contribution in [3.8, 4) is 0 Å². The molecule has 0 saturated heterocycles. The number of halogens is 1. The van der Waals surface area contributed by atoms with Crippen molar-refractivity contribution in [2.45, 2.75) is 58.5 Å². The molecule has 1 rings (SSSR count). The molecule has 0 aliphatic heterocycles. The van der Waals surface area contributed by atoms with Crippen molar-refractivity contribution in [3.63, 3.8) is 0 Å². The maximum atomic E-state index is 12.1. The number of nitrogens with one attached hydrogen (secondary N) is 1. The van der Waals surface area contributed by atoms with Crippen molar-refractivity contribution in [2.24, 2.45) is 11.7 Å². The van der Waals surface area contributed by atoms with Crippen LogP contribution in [0.3, 0.4) is 0 Å².